The van der Waals surface area contributed by atoms with Crippen LogP contribution in [0, 0.1) is 0 Å². The Morgan fingerprint density at radius 2 is 1.90 bits per heavy atom. The summed E-state index contributed by atoms with van der Waals surface area (Å²) in [6, 6.07) is 0. The van der Waals surface area contributed by atoms with Gasteiger partial charge in [-0.2, -0.15) is 5.10 Å². The number of anilines is 2. The number of carbonyl (C=O) groups excluding carboxylic acids is 1. The van der Waals surface area contributed by atoms with E-state index >= 15 is 0 Å². The lowest BCUT2D eigenvalue weighted by Crippen LogP contribution is -2.24. The molecule has 0 atom stereocenters. The monoisotopic (exact) mass is 318 g/mol. The Morgan fingerprint density at radius 1 is 1.33 bits per heavy atom. The van der Waals surface area contributed by atoms with Crippen molar-refractivity contribution < 1.29 is 17.9 Å². The first-order valence-electron chi connectivity index (χ1n) is 6.73. The molecule has 0 aromatic carbocycles. The van der Waals surface area contributed by atoms with E-state index in [-0.39, 0.29) is 29.7 Å². The second-order valence-corrected chi connectivity index (χ2v) is 6.40. The molecule has 0 aliphatic heterocycles. The molecule has 0 fully saturated rings. The lowest BCUT2D eigenvalue weighted by atomic mass is 10.4. The molecule has 1 aromatic rings. The topological polar surface area (TPSA) is 108 Å². The van der Waals surface area contributed by atoms with Gasteiger partial charge in [0.15, 0.2) is 20.6 Å². The maximum absolute atomic E-state index is 12.0. The van der Waals surface area contributed by atoms with E-state index in [2.05, 4.69) is 5.10 Å². The zero-order chi connectivity index (χ0) is 16.2. The van der Waals surface area contributed by atoms with Crippen LogP contribution in [0.1, 0.15) is 20.8 Å². The SMILES string of the molecule is CCOC(=O)Cn1nc(N(CC)CC)c(S(C)(=O)=O)c1N. The maximum atomic E-state index is 12.0. The Labute approximate surface area is 124 Å². The van der Waals surface area contributed by atoms with Gasteiger partial charge < -0.3 is 15.4 Å². The Kier molecular flexibility index (Phi) is 5.59. The van der Waals surface area contributed by atoms with Crippen molar-refractivity contribution in [1.29, 1.82) is 0 Å². The number of hydrogen-bond acceptors (Lipinski definition) is 7. The van der Waals surface area contributed by atoms with Crippen LogP contribution in [0.4, 0.5) is 11.6 Å². The third-order valence-electron chi connectivity index (χ3n) is 2.95. The summed E-state index contributed by atoms with van der Waals surface area (Å²) in [5.41, 5.74) is 5.87. The number of carbonyl (C=O) groups is 1. The van der Waals surface area contributed by atoms with Crippen molar-refractivity contribution in [2.75, 3.05) is 36.6 Å². The Morgan fingerprint density at radius 3 is 2.33 bits per heavy atom. The minimum Gasteiger partial charge on any atom is -0.465 e. The highest BCUT2D eigenvalue weighted by Gasteiger charge is 2.27. The van der Waals surface area contributed by atoms with E-state index in [4.69, 9.17) is 10.5 Å². The van der Waals surface area contributed by atoms with E-state index in [9.17, 15) is 13.2 Å². The van der Waals surface area contributed by atoms with Crippen molar-refractivity contribution in [3.8, 4) is 0 Å². The van der Waals surface area contributed by atoms with E-state index in [0.717, 1.165) is 6.26 Å². The molecule has 1 rings (SSSR count). The highest BCUT2D eigenvalue weighted by molar-refractivity contribution is 7.91. The van der Waals surface area contributed by atoms with Gasteiger partial charge in [0.05, 0.1) is 6.61 Å². The van der Waals surface area contributed by atoms with E-state index in [1.807, 2.05) is 13.8 Å². The smallest absolute Gasteiger partial charge is 0.327 e. The minimum atomic E-state index is -3.56. The molecule has 0 saturated carbocycles. The molecular formula is C12H22N4O4S. The van der Waals surface area contributed by atoms with Crippen LogP contribution in [0.3, 0.4) is 0 Å². The van der Waals surface area contributed by atoms with Gasteiger partial charge >= 0.3 is 5.97 Å². The third kappa shape index (κ3) is 3.87. The first kappa shape index (κ1) is 17.3. The lowest BCUT2D eigenvalue weighted by molar-refractivity contribution is -0.144. The number of sulfone groups is 1. The van der Waals surface area contributed by atoms with E-state index in [0.29, 0.717) is 13.1 Å². The molecule has 120 valence electrons. The molecule has 0 radical (unpaired) electrons. The van der Waals surface area contributed by atoms with Crippen LogP contribution in [0.2, 0.25) is 0 Å². The molecule has 8 nitrogen and oxygen atoms in total. The average molecular weight is 318 g/mol. The second-order valence-electron chi connectivity index (χ2n) is 4.45. The van der Waals surface area contributed by atoms with Crippen LogP contribution < -0.4 is 10.6 Å². The standard InChI is InChI=1S/C12H22N4O4S/c1-5-15(6-2)12-10(21(4,18)19)11(13)16(14-12)8-9(17)20-7-3/h5-8,13H2,1-4H3. The second kappa shape index (κ2) is 6.79. The van der Waals surface area contributed by atoms with Crippen LogP contribution >= 0.6 is 0 Å². The van der Waals surface area contributed by atoms with E-state index in [1.54, 1.807) is 11.8 Å². The molecule has 9 heteroatoms. The van der Waals surface area contributed by atoms with Gasteiger partial charge in [0.1, 0.15) is 12.4 Å². The van der Waals surface area contributed by atoms with Crippen molar-refractivity contribution in [2.24, 2.45) is 0 Å². The van der Waals surface area contributed by atoms with Gasteiger partial charge in [-0.1, -0.05) is 0 Å². The van der Waals surface area contributed by atoms with Gasteiger partial charge in [0, 0.05) is 19.3 Å². The number of esters is 1. The number of aromatic nitrogens is 2. The highest BCUT2D eigenvalue weighted by Crippen LogP contribution is 2.30. The molecule has 0 saturated heterocycles. The molecule has 21 heavy (non-hydrogen) atoms. The summed E-state index contributed by atoms with van der Waals surface area (Å²) < 4.78 is 29.9. The molecular weight excluding hydrogens is 296 g/mol. The number of rotatable bonds is 7. The van der Waals surface area contributed by atoms with Gasteiger partial charge in [0.2, 0.25) is 0 Å². The van der Waals surface area contributed by atoms with Crippen LogP contribution in [-0.4, -0.2) is 50.1 Å². The van der Waals surface area contributed by atoms with E-state index in [1.165, 1.54) is 4.68 Å². The van der Waals surface area contributed by atoms with Crippen molar-refractivity contribution in [3.05, 3.63) is 0 Å². The molecule has 0 aliphatic rings. The first-order chi connectivity index (χ1) is 9.76. The molecule has 0 spiro atoms. The predicted molar refractivity (Wildman–Crippen MR) is 79.9 cm³/mol. The summed E-state index contributed by atoms with van der Waals surface area (Å²) in [6.07, 6.45) is 1.07. The summed E-state index contributed by atoms with van der Waals surface area (Å²) in [4.78, 5) is 13.3. The predicted octanol–water partition coefficient (Wildman–Crippen LogP) is 0.278. The van der Waals surface area contributed by atoms with Crippen molar-refractivity contribution in [2.45, 2.75) is 32.2 Å². The zero-order valence-corrected chi connectivity index (χ0v) is 13.6. The number of nitrogens with zero attached hydrogens (tertiary/aromatic N) is 3. The van der Waals surface area contributed by atoms with Crippen molar-refractivity contribution >= 4 is 27.4 Å². The molecule has 0 unspecified atom stereocenters. The highest BCUT2D eigenvalue weighted by atomic mass is 32.2. The Bertz CT molecular complexity index is 605. The molecule has 0 bridgehead atoms. The molecule has 0 aliphatic carbocycles. The Hall–Kier alpha value is -1.77. The van der Waals surface area contributed by atoms with E-state index < -0.39 is 15.8 Å². The summed E-state index contributed by atoms with van der Waals surface area (Å²) in [5, 5.41) is 4.18. The van der Waals surface area contributed by atoms with Crippen LogP contribution in [0.15, 0.2) is 4.90 Å². The first-order valence-corrected chi connectivity index (χ1v) is 8.62. The maximum Gasteiger partial charge on any atom is 0.327 e. The average Bonchev–Trinajstić information content (AvgIpc) is 2.68. The van der Waals surface area contributed by atoms with Gasteiger partial charge in [-0.3, -0.25) is 4.79 Å². The zero-order valence-electron chi connectivity index (χ0n) is 12.8. The largest absolute Gasteiger partial charge is 0.465 e. The normalized spacial score (nSPS) is 11.4. The number of ether oxygens (including phenoxy) is 1. The van der Waals surface area contributed by atoms with Gasteiger partial charge in [-0.25, -0.2) is 13.1 Å². The lowest BCUT2D eigenvalue weighted by Gasteiger charge is -2.18. The summed E-state index contributed by atoms with van der Waals surface area (Å²) in [7, 11) is -3.56. The quantitative estimate of drug-likeness (QED) is 0.719. The fourth-order valence-electron chi connectivity index (χ4n) is 1.98. The van der Waals surface area contributed by atoms with Crippen LogP contribution in [0.25, 0.3) is 0 Å². The fraction of sp³-hybridized carbons (Fsp3) is 0.667. The van der Waals surface area contributed by atoms with Gasteiger partial charge in [-0.15, -0.1) is 0 Å². The third-order valence-corrected chi connectivity index (χ3v) is 4.08. The van der Waals surface area contributed by atoms with Crippen molar-refractivity contribution in [1.82, 2.24) is 9.78 Å². The van der Waals surface area contributed by atoms with Crippen LogP contribution in [-0.2, 0) is 25.9 Å². The van der Waals surface area contributed by atoms with Gasteiger partial charge in [0.25, 0.3) is 0 Å². The number of hydrogen-bond donors (Lipinski definition) is 1. The number of nitrogens with two attached hydrogens (primary N) is 1. The molecule has 1 heterocycles. The van der Waals surface area contributed by atoms with Crippen LogP contribution in [0.5, 0.6) is 0 Å². The molecule has 2 N–H and O–H groups in total. The summed E-state index contributed by atoms with van der Waals surface area (Å²) in [6.45, 7) is 6.63. The number of nitrogen functional groups attached to an aromatic ring is 1. The van der Waals surface area contributed by atoms with Crippen molar-refractivity contribution in [3.63, 3.8) is 0 Å². The Balaban J connectivity index is 3.34. The summed E-state index contributed by atoms with van der Waals surface area (Å²) >= 11 is 0. The molecule has 1 aromatic heterocycles. The molecule has 0 amide bonds. The fourth-order valence-corrected chi connectivity index (χ4v) is 2.97. The van der Waals surface area contributed by atoms with Gasteiger partial charge in [-0.05, 0) is 20.8 Å². The minimum absolute atomic E-state index is 0.0458. The summed E-state index contributed by atoms with van der Waals surface area (Å²) in [5.74, 6) is -0.297.